The summed E-state index contributed by atoms with van der Waals surface area (Å²) in [4.78, 5) is 12.2. The molecule has 0 fully saturated rings. The van der Waals surface area contributed by atoms with Gasteiger partial charge in [-0.15, -0.1) is 4.31 Å². The predicted molar refractivity (Wildman–Crippen MR) is 99.2 cm³/mol. The fourth-order valence-electron chi connectivity index (χ4n) is 2.61. The Labute approximate surface area is 153 Å². The van der Waals surface area contributed by atoms with E-state index < -0.39 is 16.1 Å². The van der Waals surface area contributed by atoms with Crippen LogP contribution in [0.5, 0.6) is 0 Å². The van der Waals surface area contributed by atoms with Crippen LogP contribution in [-0.2, 0) is 32.2 Å². The van der Waals surface area contributed by atoms with Crippen molar-refractivity contribution in [3.63, 3.8) is 0 Å². The Bertz CT molecular complexity index is 597. The molecule has 1 aromatic rings. The molecule has 0 spiro atoms. The number of hydrogen-bond donors (Lipinski definition) is 0. The van der Waals surface area contributed by atoms with Gasteiger partial charge in [0.15, 0.2) is 0 Å². The summed E-state index contributed by atoms with van der Waals surface area (Å²) >= 11 is -1.24. The molecular formula is C19H27NO4S. The molecule has 1 aliphatic heterocycles. The van der Waals surface area contributed by atoms with E-state index in [4.69, 9.17) is 9.47 Å². The van der Waals surface area contributed by atoms with Crippen molar-refractivity contribution in [2.45, 2.75) is 45.1 Å². The minimum absolute atomic E-state index is 0.293. The van der Waals surface area contributed by atoms with Crippen molar-refractivity contribution in [3.05, 3.63) is 47.5 Å². The first kappa shape index (κ1) is 20.0. The first-order valence-corrected chi connectivity index (χ1v) is 9.62. The molecule has 0 bridgehead atoms. The Hall–Kier alpha value is -1.34. The van der Waals surface area contributed by atoms with Crippen molar-refractivity contribution in [1.82, 2.24) is 4.31 Å². The molecule has 6 heteroatoms. The second-order valence-electron chi connectivity index (χ2n) is 6.86. The van der Waals surface area contributed by atoms with E-state index in [1.165, 1.54) is 0 Å². The van der Waals surface area contributed by atoms with Crippen molar-refractivity contribution < 1.29 is 18.8 Å². The molecule has 0 saturated carbocycles. The number of carbonyl (C=O) groups excluding carboxylic acids is 1. The maximum absolute atomic E-state index is 12.8. The second-order valence-corrected chi connectivity index (χ2v) is 9.05. The Morgan fingerprint density at radius 1 is 1.32 bits per heavy atom. The topological polar surface area (TPSA) is 61.8 Å². The van der Waals surface area contributed by atoms with Gasteiger partial charge in [-0.1, -0.05) is 36.4 Å². The summed E-state index contributed by atoms with van der Waals surface area (Å²) in [5.74, 6) is -0.357. The van der Waals surface area contributed by atoms with Gasteiger partial charge in [0.2, 0.25) is 0 Å². The highest BCUT2D eigenvalue weighted by atomic mass is 32.2. The Balaban J connectivity index is 2.07. The molecule has 2 atom stereocenters. The highest BCUT2D eigenvalue weighted by Crippen LogP contribution is 2.30. The van der Waals surface area contributed by atoms with Crippen molar-refractivity contribution in [1.29, 1.82) is 0 Å². The van der Waals surface area contributed by atoms with Crippen LogP contribution in [-0.4, -0.2) is 45.4 Å². The smallest absolute Gasteiger partial charge is 0.335 e. The zero-order valence-electron chi connectivity index (χ0n) is 15.4. The zero-order valence-corrected chi connectivity index (χ0v) is 16.2. The van der Waals surface area contributed by atoms with E-state index in [1.807, 2.05) is 55.4 Å². The molecule has 0 saturated heterocycles. The molecule has 1 aliphatic rings. The Morgan fingerprint density at radius 2 is 2.00 bits per heavy atom. The van der Waals surface area contributed by atoms with Crippen molar-refractivity contribution in [2.24, 2.45) is 0 Å². The summed E-state index contributed by atoms with van der Waals surface area (Å²) in [5, 5.41) is 0. The lowest BCUT2D eigenvalue weighted by atomic mass is 10.1. The highest BCUT2D eigenvalue weighted by molar-refractivity contribution is 7.90. The molecule has 138 valence electrons. The first-order chi connectivity index (χ1) is 11.8. The maximum Gasteiger partial charge on any atom is 0.335 e. The van der Waals surface area contributed by atoms with E-state index in [1.54, 1.807) is 13.0 Å². The average molecular weight is 365 g/mol. The van der Waals surface area contributed by atoms with Gasteiger partial charge in [0.05, 0.1) is 31.9 Å². The summed E-state index contributed by atoms with van der Waals surface area (Å²) in [7, 11) is 0. The van der Waals surface area contributed by atoms with Crippen LogP contribution in [0, 0.1) is 0 Å². The molecule has 0 aromatic heterocycles. The number of benzene rings is 1. The fourth-order valence-corrected chi connectivity index (χ4v) is 3.93. The lowest BCUT2D eigenvalue weighted by Gasteiger charge is -2.34. The highest BCUT2D eigenvalue weighted by Gasteiger charge is 2.44. The zero-order chi connectivity index (χ0) is 18.4. The maximum atomic E-state index is 12.8. The Kier molecular flexibility index (Phi) is 7.07. The fraction of sp³-hybridized carbons (Fsp3) is 0.526. The molecule has 5 nitrogen and oxygen atoms in total. The van der Waals surface area contributed by atoms with Crippen LogP contribution in [0.15, 0.2) is 42.0 Å². The van der Waals surface area contributed by atoms with Gasteiger partial charge in [-0.2, -0.15) is 0 Å². The van der Waals surface area contributed by atoms with E-state index in [9.17, 15) is 9.35 Å². The Morgan fingerprint density at radius 3 is 2.60 bits per heavy atom. The number of ether oxygens (including phenoxy) is 2. The quantitative estimate of drug-likeness (QED) is 0.549. The van der Waals surface area contributed by atoms with Crippen LogP contribution in [0.4, 0.5) is 0 Å². The van der Waals surface area contributed by atoms with Crippen LogP contribution < -0.4 is 0 Å². The standard InChI is InChI=1S/C19H27NO4S/c1-5-24-18(21)16-11-12-20(25(22)19(2,3)4)17(16)14-23-13-15-9-7-6-8-10-15/h6-11,17H,5,12-14H2,1-4H3/t17?,25-/m1/s1. The summed E-state index contributed by atoms with van der Waals surface area (Å²) in [5.41, 5.74) is 1.60. The van der Waals surface area contributed by atoms with Gasteiger partial charge in [0.25, 0.3) is 0 Å². The van der Waals surface area contributed by atoms with E-state index in [-0.39, 0.29) is 12.0 Å². The van der Waals surface area contributed by atoms with Gasteiger partial charge in [-0.3, -0.25) is 0 Å². The SMILES string of the molecule is CCOC(=O)C1=CCN([S@+]([O-])C(C)(C)C)C1COCc1ccccc1. The number of carbonyl (C=O) groups is 1. The van der Waals surface area contributed by atoms with Gasteiger partial charge in [-0.05, 0) is 33.3 Å². The number of nitrogens with zero attached hydrogens (tertiary/aromatic N) is 1. The lowest BCUT2D eigenvalue weighted by Crippen LogP contribution is -2.48. The summed E-state index contributed by atoms with van der Waals surface area (Å²) in [6, 6.07) is 9.49. The van der Waals surface area contributed by atoms with Gasteiger partial charge >= 0.3 is 5.97 Å². The number of hydrogen-bond acceptors (Lipinski definition) is 5. The van der Waals surface area contributed by atoms with Gasteiger partial charge < -0.3 is 14.0 Å². The van der Waals surface area contributed by atoms with Crippen molar-refractivity contribution in [3.8, 4) is 0 Å². The summed E-state index contributed by atoms with van der Waals surface area (Å²) in [6.07, 6.45) is 1.80. The summed E-state index contributed by atoms with van der Waals surface area (Å²) in [6.45, 7) is 9.06. The van der Waals surface area contributed by atoms with Crippen LogP contribution in [0.1, 0.15) is 33.3 Å². The minimum Gasteiger partial charge on any atom is -0.597 e. The van der Waals surface area contributed by atoms with E-state index in [0.29, 0.717) is 31.9 Å². The molecule has 0 N–H and O–H groups in total. The van der Waals surface area contributed by atoms with Crippen LogP contribution in [0.3, 0.4) is 0 Å². The molecule has 0 aliphatic carbocycles. The van der Waals surface area contributed by atoms with Gasteiger partial charge in [-0.25, -0.2) is 4.79 Å². The predicted octanol–water partition coefficient (Wildman–Crippen LogP) is 2.84. The number of esters is 1. The molecule has 1 unspecified atom stereocenters. The van der Waals surface area contributed by atoms with E-state index in [0.717, 1.165) is 5.56 Å². The third-order valence-electron chi connectivity index (χ3n) is 3.83. The molecular weight excluding hydrogens is 338 g/mol. The normalized spacial score (nSPS) is 19.6. The molecule has 1 heterocycles. The minimum atomic E-state index is -1.24. The first-order valence-electron chi connectivity index (χ1n) is 8.52. The van der Waals surface area contributed by atoms with Crippen molar-refractivity contribution >= 4 is 17.3 Å². The summed E-state index contributed by atoms with van der Waals surface area (Å²) < 4.78 is 25.2. The second kappa shape index (κ2) is 8.85. The van der Waals surface area contributed by atoms with Gasteiger partial charge in [0.1, 0.15) is 10.8 Å². The molecule has 2 rings (SSSR count). The van der Waals surface area contributed by atoms with Crippen LogP contribution >= 0.6 is 0 Å². The molecule has 0 radical (unpaired) electrons. The van der Waals surface area contributed by atoms with E-state index >= 15 is 0 Å². The molecule has 25 heavy (non-hydrogen) atoms. The monoisotopic (exact) mass is 365 g/mol. The molecule has 0 amide bonds. The third kappa shape index (κ3) is 5.31. The largest absolute Gasteiger partial charge is 0.597 e. The third-order valence-corrected chi connectivity index (χ3v) is 5.71. The average Bonchev–Trinajstić information content (AvgIpc) is 2.98. The lowest BCUT2D eigenvalue weighted by molar-refractivity contribution is -0.139. The number of rotatable bonds is 7. The van der Waals surface area contributed by atoms with Gasteiger partial charge in [0, 0.05) is 11.4 Å². The van der Waals surface area contributed by atoms with E-state index in [2.05, 4.69) is 0 Å². The van der Waals surface area contributed by atoms with Crippen LogP contribution in [0.2, 0.25) is 0 Å². The van der Waals surface area contributed by atoms with Crippen LogP contribution in [0.25, 0.3) is 0 Å². The van der Waals surface area contributed by atoms with Crippen molar-refractivity contribution in [2.75, 3.05) is 19.8 Å². The molecule has 1 aromatic carbocycles.